The summed E-state index contributed by atoms with van der Waals surface area (Å²) < 4.78 is 26.6. The zero-order valence-electron chi connectivity index (χ0n) is 19.1. The van der Waals surface area contributed by atoms with Crippen molar-refractivity contribution >= 4 is 33.2 Å². The number of carbonyl (C=O) groups excluding carboxylic acids is 2. The van der Waals surface area contributed by atoms with Gasteiger partial charge in [0, 0.05) is 42.5 Å². The first kappa shape index (κ1) is 23.9. The van der Waals surface area contributed by atoms with E-state index in [1.165, 1.54) is 28.6 Å². The molecule has 1 heterocycles. The number of rotatable bonds is 7. The maximum absolute atomic E-state index is 12.8. The number of anilines is 2. The minimum Gasteiger partial charge on any atom is -0.322 e. The van der Waals surface area contributed by atoms with Crippen molar-refractivity contribution in [2.45, 2.75) is 45.4 Å². The molecule has 2 aromatic rings. The number of sulfonamides is 1. The average molecular weight is 458 g/mol. The van der Waals surface area contributed by atoms with Gasteiger partial charge in [-0.2, -0.15) is 4.31 Å². The van der Waals surface area contributed by atoms with Gasteiger partial charge in [-0.05, 0) is 54.8 Å². The molecule has 8 heteroatoms. The molecular weight excluding hydrogens is 426 g/mol. The fourth-order valence-corrected chi connectivity index (χ4v) is 5.35. The Kier molecular flexibility index (Phi) is 7.36. The van der Waals surface area contributed by atoms with Crippen molar-refractivity contribution in [3.05, 3.63) is 53.6 Å². The fraction of sp³-hybridized carbons (Fsp3) is 0.417. The number of nitrogens with zero attached hydrogens (tertiary/aromatic N) is 2. The van der Waals surface area contributed by atoms with E-state index >= 15 is 0 Å². The van der Waals surface area contributed by atoms with E-state index in [4.69, 9.17) is 0 Å². The van der Waals surface area contributed by atoms with Crippen molar-refractivity contribution in [3.63, 3.8) is 0 Å². The Balaban J connectivity index is 1.79. The summed E-state index contributed by atoms with van der Waals surface area (Å²) in [6, 6.07) is 11.6. The lowest BCUT2D eigenvalue weighted by Gasteiger charge is -2.31. The molecule has 3 rings (SSSR count). The summed E-state index contributed by atoms with van der Waals surface area (Å²) in [5.41, 5.74) is 2.89. The Morgan fingerprint density at radius 3 is 2.31 bits per heavy atom. The number of fused-ring (bicyclic) bond motifs is 1. The highest BCUT2D eigenvalue weighted by Crippen LogP contribution is 2.31. The molecule has 0 radical (unpaired) electrons. The van der Waals surface area contributed by atoms with Crippen LogP contribution in [-0.4, -0.2) is 44.2 Å². The van der Waals surface area contributed by atoms with E-state index in [1.807, 2.05) is 32.0 Å². The Bertz CT molecular complexity index is 1090. The molecule has 1 N–H and O–H groups in total. The zero-order valence-corrected chi connectivity index (χ0v) is 19.9. The number of hydrogen-bond acceptors (Lipinski definition) is 4. The molecule has 32 heavy (non-hydrogen) atoms. The van der Waals surface area contributed by atoms with Gasteiger partial charge < -0.3 is 10.2 Å². The molecule has 172 valence electrons. The molecular formula is C24H31N3O4S. The number of nitrogens with one attached hydrogen (secondary N) is 1. The smallest absolute Gasteiger partial charge is 0.255 e. The first-order chi connectivity index (χ1) is 15.2. The zero-order chi connectivity index (χ0) is 23.5. The third-order valence-corrected chi connectivity index (χ3v) is 7.75. The summed E-state index contributed by atoms with van der Waals surface area (Å²) in [7, 11) is -3.57. The SMILES string of the molecule is CCN(CC)S(=O)(=O)c1ccc(C(=O)Nc2ccc3c(c2)N(C(=O)C(C)C)CCC3)cc1. The molecule has 0 aliphatic carbocycles. The van der Waals surface area contributed by atoms with Crippen LogP contribution in [0, 0.1) is 5.92 Å². The van der Waals surface area contributed by atoms with Gasteiger partial charge in [-0.1, -0.05) is 33.8 Å². The van der Waals surface area contributed by atoms with Gasteiger partial charge in [-0.15, -0.1) is 0 Å². The predicted octanol–water partition coefficient (Wildman–Crippen LogP) is 3.90. The van der Waals surface area contributed by atoms with Gasteiger partial charge in [-0.25, -0.2) is 8.42 Å². The van der Waals surface area contributed by atoms with Gasteiger partial charge in [0.15, 0.2) is 0 Å². The third-order valence-electron chi connectivity index (χ3n) is 5.68. The number of hydrogen-bond donors (Lipinski definition) is 1. The second-order valence-electron chi connectivity index (χ2n) is 8.16. The summed E-state index contributed by atoms with van der Waals surface area (Å²) in [5, 5.41) is 2.86. The second kappa shape index (κ2) is 9.83. The molecule has 1 aliphatic rings. The Morgan fingerprint density at radius 2 is 1.72 bits per heavy atom. The summed E-state index contributed by atoms with van der Waals surface area (Å²) in [5.74, 6) is -0.376. The molecule has 0 spiro atoms. The molecule has 0 aromatic heterocycles. The first-order valence-corrected chi connectivity index (χ1v) is 12.5. The van der Waals surface area contributed by atoms with Crippen LogP contribution >= 0.6 is 0 Å². The lowest BCUT2D eigenvalue weighted by atomic mass is 9.99. The monoisotopic (exact) mass is 457 g/mol. The average Bonchev–Trinajstić information content (AvgIpc) is 2.78. The maximum atomic E-state index is 12.8. The van der Waals surface area contributed by atoms with Gasteiger partial charge in [0.25, 0.3) is 5.91 Å². The van der Waals surface area contributed by atoms with E-state index in [0.29, 0.717) is 30.9 Å². The maximum Gasteiger partial charge on any atom is 0.255 e. The number of aryl methyl sites for hydroxylation is 1. The minimum atomic E-state index is -3.57. The molecule has 0 atom stereocenters. The van der Waals surface area contributed by atoms with Crippen LogP contribution in [0.15, 0.2) is 47.4 Å². The highest BCUT2D eigenvalue weighted by Gasteiger charge is 2.25. The molecule has 0 saturated heterocycles. The lowest BCUT2D eigenvalue weighted by Crippen LogP contribution is -2.38. The molecule has 0 unspecified atom stereocenters. The van der Waals surface area contributed by atoms with Gasteiger partial charge in [-0.3, -0.25) is 9.59 Å². The van der Waals surface area contributed by atoms with Crippen LogP contribution in [0.2, 0.25) is 0 Å². The van der Waals surface area contributed by atoms with Crippen molar-refractivity contribution in [1.29, 1.82) is 0 Å². The number of benzene rings is 2. The molecule has 1 aliphatic heterocycles. The molecule has 0 bridgehead atoms. The fourth-order valence-electron chi connectivity index (χ4n) is 3.89. The number of carbonyl (C=O) groups is 2. The van der Waals surface area contributed by atoms with Crippen LogP contribution in [0.1, 0.15) is 50.0 Å². The predicted molar refractivity (Wildman–Crippen MR) is 126 cm³/mol. The molecule has 0 fully saturated rings. The molecule has 2 amide bonds. The Morgan fingerprint density at radius 1 is 1.06 bits per heavy atom. The summed E-state index contributed by atoms with van der Waals surface area (Å²) in [6.45, 7) is 8.78. The molecule has 2 aromatic carbocycles. The second-order valence-corrected chi connectivity index (χ2v) is 10.1. The van der Waals surface area contributed by atoms with E-state index < -0.39 is 10.0 Å². The van der Waals surface area contributed by atoms with Gasteiger partial charge in [0.2, 0.25) is 15.9 Å². The van der Waals surface area contributed by atoms with Gasteiger partial charge in [0.05, 0.1) is 4.90 Å². The van der Waals surface area contributed by atoms with Crippen molar-refractivity contribution in [1.82, 2.24) is 4.31 Å². The van der Waals surface area contributed by atoms with E-state index in [-0.39, 0.29) is 22.6 Å². The van der Waals surface area contributed by atoms with Gasteiger partial charge in [0.1, 0.15) is 0 Å². The summed E-state index contributed by atoms with van der Waals surface area (Å²) in [6.07, 6.45) is 1.81. The van der Waals surface area contributed by atoms with Crippen LogP contribution in [0.5, 0.6) is 0 Å². The van der Waals surface area contributed by atoms with Crippen molar-refractivity contribution in [2.75, 3.05) is 29.9 Å². The Labute approximate surface area is 190 Å². The van der Waals surface area contributed by atoms with Crippen LogP contribution in [0.3, 0.4) is 0 Å². The van der Waals surface area contributed by atoms with Crippen molar-refractivity contribution in [3.8, 4) is 0 Å². The number of amides is 2. The highest BCUT2D eigenvalue weighted by atomic mass is 32.2. The first-order valence-electron chi connectivity index (χ1n) is 11.0. The van der Waals surface area contributed by atoms with Gasteiger partial charge >= 0.3 is 0 Å². The van der Waals surface area contributed by atoms with Crippen LogP contribution in [0.25, 0.3) is 0 Å². The normalized spacial score (nSPS) is 13.9. The Hall–Kier alpha value is -2.71. The summed E-state index contributed by atoms with van der Waals surface area (Å²) >= 11 is 0. The van der Waals surface area contributed by atoms with E-state index in [1.54, 1.807) is 18.7 Å². The molecule has 0 saturated carbocycles. The summed E-state index contributed by atoms with van der Waals surface area (Å²) in [4.78, 5) is 27.3. The molecule has 7 nitrogen and oxygen atoms in total. The van der Waals surface area contributed by atoms with Crippen LogP contribution in [-0.2, 0) is 21.2 Å². The standard InChI is InChI=1S/C24H31N3O4S/c1-5-26(6-2)32(30,31)21-13-10-19(11-14-21)23(28)25-20-12-9-18-8-7-15-27(22(18)16-20)24(29)17(3)4/h9-14,16-17H,5-8,15H2,1-4H3,(H,25,28). The van der Waals surface area contributed by atoms with E-state index in [0.717, 1.165) is 24.1 Å². The van der Waals surface area contributed by atoms with Crippen molar-refractivity contribution < 1.29 is 18.0 Å². The van der Waals surface area contributed by atoms with E-state index in [2.05, 4.69) is 5.32 Å². The van der Waals surface area contributed by atoms with E-state index in [9.17, 15) is 18.0 Å². The highest BCUT2D eigenvalue weighted by molar-refractivity contribution is 7.89. The van der Waals surface area contributed by atoms with Crippen molar-refractivity contribution in [2.24, 2.45) is 5.92 Å². The topological polar surface area (TPSA) is 86.8 Å². The largest absolute Gasteiger partial charge is 0.322 e. The van der Waals surface area contributed by atoms with Crippen LogP contribution < -0.4 is 10.2 Å². The third kappa shape index (κ3) is 4.86. The quantitative estimate of drug-likeness (QED) is 0.683. The minimum absolute atomic E-state index is 0.0689. The van der Waals surface area contributed by atoms with Crippen LogP contribution in [0.4, 0.5) is 11.4 Å². The lowest BCUT2D eigenvalue weighted by molar-refractivity contribution is -0.121.